The molecule has 29 heavy (non-hydrogen) atoms. The Morgan fingerprint density at radius 2 is 1.52 bits per heavy atom. The number of benzene rings is 3. The third-order valence-electron chi connectivity index (χ3n) is 4.38. The van der Waals surface area contributed by atoms with Crippen molar-refractivity contribution < 1.29 is 17.4 Å². The second-order valence-corrected chi connectivity index (χ2v) is 8.32. The Balaban J connectivity index is 1.66. The van der Waals surface area contributed by atoms with E-state index in [0.29, 0.717) is 11.3 Å². The highest BCUT2D eigenvalue weighted by Crippen LogP contribution is 2.22. The summed E-state index contributed by atoms with van der Waals surface area (Å²) in [5.41, 5.74) is 3.25. The van der Waals surface area contributed by atoms with E-state index in [2.05, 4.69) is 12.2 Å². The first-order valence-corrected chi connectivity index (χ1v) is 10.8. The van der Waals surface area contributed by atoms with Gasteiger partial charge in [0.2, 0.25) is 0 Å². The van der Waals surface area contributed by atoms with Gasteiger partial charge in [0.25, 0.3) is 5.91 Å². The molecule has 150 valence electrons. The van der Waals surface area contributed by atoms with Crippen molar-refractivity contribution in [1.82, 2.24) is 0 Å². The van der Waals surface area contributed by atoms with Gasteiger partial charge < -0.3 is 9.50 Å². The van der Waals surface area contributed by atoms with E-state index in [4.69, 9.17) is 4.18 Å². The van der Waals surface area contributed by atoms with Crippen LogP contribution in [0.15, 0.2) is 77.7 Å². The summed E-state index contributed by atoms with van der Waals surface area (Å²) in [5, 5.41) is 2.77. The highest BCUT2D eigenvalue weighted by molar-refractivity contribution is 7.87. The lowest BCUT2D eigenvalue weighted by atomic mass is 10.1. The van der Waals surface area contributed by atoms with Crippen LogP contribution in [0.1, 0.15) is 34.8 Å². The first-order chi connectivity index (χ1) is 13.9. The van der Waals surface area contributed by atoms with E-state index in [1.807, 2.05) is 19.1 Å². The molecular formula is C23H23NO4S. The van der Waals surface area contributed by atoms with E-state index >= 15 is 0 Å². The Labute approximate surface area is 171 Å². The van der Waals surface area contributed by atoms with Gasteiger partial charge in [0.05, 0.1) is 0 Å². The Morgan fingerprint density at radius 3 is 2.10 bits per heavy atom. The van der Waals surface area contributed by atoms with Crippen LogP contribution in [0.2, 0.25) is 0 Å². The first kappa shape index (κ1) is 20.6. The number of carbonyl (C=O) groups excluding carboxylic acids is 1. The van der Waals surface area contributed by atoms with Gasteiger partial charge in [-0.05, 0) is 67.4 Å². The summed E-state index contributed by atoms with van der Waals surface area (Å²) >= 11 is 0. The number of hydrogen-bond acceptors (Lipinski definition) is 4. The minimum absolute atomic E-state index is 0.106. The van der Waals surface area contributed by atoms with E-state index in [0.717, 1.165) is 24.0 Å². The number of rotatable bonds is 7. The standard InChI is InChI=1S/C23H23NO4S/c1-3-4-18-7-15-22(16-8-18)29(26,27)28-21-13-11-20(12-14-21)24-23(25)19-9-5-17(2)6-10-19/h5-16H,3-4H2,1-2H3,(H,24,25). The number of nitrogens with one attached hydrogen (secondary N) is 1. The average Bonchev–Trinajstić information content (AvgIpc) is 2.70. The first-order valence-electron chi connectivity index (χ1n) is 9.39. The topological polar surface area (TPSA) is 72.5 Å². The van der Waals surface area contributed by atoms with Crippen molar-refractivity contribution >= 4 is 21.7 Å². The summed E-state index contributed by atoms with van der Waals surface area (Å²) in [4.78, 5) is 12.4. The second-order valence-electron chi connectivity index (χ2n) is 6.78. The van der Waals surface area contributed by atoms with Gasteiger partial charge in [-0.25, -0.2) is 0 Å². The molecule has 0 bridgehead atoms. The molecule has 1 amide bonds. The predicted octanol–water partition coefficient (Wildman–Crippen LogP) is 4.97. The summed E-state index contributed by atoms with van der Waals surface area (Å²) in [6.45, 7) is 4.02. The summed E-state index contributed by atoms with van der Waals surface area (Å²) in [5.74, 6) is -0.0607. The summed E-state index contributed by atoms with van der Waals surface area (Å²) in [7, 11) is -3.92. The minimum atomic E-state index is -3.92. The lowest BCUT2D eigenvalue weighted by molar-refractivity contribution is 0.102. The number of amides is 1. The van der Waals surface area contributed by atoms with Crippen molar-refractivity contribution in [3.8, 4) is 5.75 Å². The van der Waals surface area contributed by atoms with E-state index in [1.165, 1.54) is 12.1 Å². The van der Waals surface area contributed by atoms with Crippen molar-refractivity contribution in [2.75, 3.05) is 5.32 Å². The van der Waals surface area contributed by atoms with Gasteiger partial charge in [0, 0.05) is 11.3 Å². The predicted molar refractivity (Wildman–Crippen MR) is 114 cm³/mol. The van der Waals surface area contributed by atoms with Gasteiger partial charge in [-0.3, -0.25) is 4.79 Å². The highest BCUT2D eigenvalue weighted by Gasteiger charge is 2.16. The van der Waals surface area contributed by atoms with Crippen LogP contribution in [-0.2, 0) is 16.5 Å². The largest absolute Gasteiger partial charge is 0.379 e. The molecule has 5 nitrogen and oxygen atoms in total. The monoisotopic (exact) mass is 409 g/mol. The highest BCUT2D eigenvalue weighted by atomic mass is 32.2. The normalized spacial score (nSPS) is 11.1. The van der Waals surface area contributed by atoms with Crippen LogP contribution in [0, 0.1) is 6.92 Å². The Morgan fingerprint density at radius 1 is 0.897 bits per heavy atom. The molecule has 6 heteroatoms. The van der Waals surface area contributed by atoms with Crippen LogP contribution in [0.5, 0.6) is 5.75 Å². The zero-order valence-electron chi connectivity index (χ0n) is 16.4. The maximum Gasteiger partial charge on any atom is 0.339 e. The number of aryl methyl sites for hydroxylation is 2. The van der Waals surface area contributed by atoms with Crippen molar-refractivity contribution in [3.05, 3.63) is 89.5 Å². The lowest BCUT2D eigenvalue weighted by Gasteiger charge is -2.09. The number of carbonyl (C=O) groups is 1. The number of hydrogen-bond donors (Lipinski definition) is 1. The van der Waals surface area contributed by atoms with Crippen LogP contribution in [0.4, 0.5) is 5.69 Å². The fraction of sp³-hybridized carbons (Fsp3) is 0.174. The molecule has 0 heterocycles. The summed E-state index contributed by atoms with van der Waals surface area (Å²) in [6.07, 6.45) is 1.90. The molecule has 3 aromatic carbocycles. The third-order valence-corrected chi connectivity index (χ3v) is 5.64. The molecule has 3 aromatic rings. The summed E-state index contributed by atoms with van der Waals surface area (Å²) < 4.78 is 30.1. The molecule has 3 rings (SSSR count). The number of anilines is 1. The second kappa shape index (κ2) is 8.92. The van der Waals surface area contributed by atoms with E-state index in [9.17, 15) is 13.2 Å². The molecule has 0 spiro atoms. The molecule has 1 N–H and O–H groups in total. The molecule has 0 fully saturated rings. The molecular weight excluding hydrogens is 386 g/mol. The average molecular weight is 410 g/mol. The molecule has 0 radical (unpaired) electrons. The molecule has 0 unspecified atom stereocenters. The van der Waals surface area contributed by atoms with Crippen LogP contribution in [-0.4, -0.2) is 14.3 Å². The smallest absolute Gasteiger partial charge is 0.339 e. The summed E-state index contributed by atoms with van der Waals surface area (Å²) in [6, 6.07) is 20.1. The van der Waals surface area contributed by atoms with Crippen molar-refractivity contribution in [1.29, 1.82) is 0 Å². The van der Waals surface area contributed by atoms with Gasteiger partial charge in [0.15, 0.2) is 0 Å². The van der Waals surface area contributed by atoms with Gasteiger partial charge in [0.1, 0.15) is 10.6 Å². The van der Waals surface area contributed by atoms with Crippen molar-refractivity contribution in [3.63, 3.8) is 0 Å². The quantitative estimate of drug-likeness (QED) is 0.559. The van der Waals surface area contributed by atoms with Gasteiger partial charge in [-0.1, -0.05) is 43.2 Å². The molecule has 0 atom stereocenters. The third kappa shape index (κ3) is 5.45. The molecule has 0 aliphatic carbocycles. The molecule has 0 aliphatic heterocycles. The zero-order chi connectivity index (χ0) is 20.9. The molecule has 0 saturated heterocycles. The SMILES string of the molecule is CCCc1ccc(S(=O)(=O)Oc2ccc(NC(=O)c3ccc(C)cc3)cc2)cc1. The fourth-order valence-corrected chi connectivity index (χ4v) is 3.72. The van der Waals surface area contributed by atoms with E-state index < -0.39 is 10.1 Å². The molecule has 0 saturated carbocycles. The molecule has 0 aliphatic rings. The van der Waals surface area contributed by atoms with Crippen LogP contribution in [0.25, 0.3) is 0 Å². The van der Waals surface area contributed by atoms with Gasteiger partial charge >= 0.3 is 10.1 Å². The van der Waals surface area contributed by atoms with Gasteiger partial charge in [-0.15, -0.1) is 0 Å². The van der Waals surface area contributed by atoms with Crippen LogP contribution >= 0.6 is 0 Å². The van der Waals surface area contributed by atoms with Gasteiger partial charge in [-0.2, -0.15) is 8.42 Å². The Kier molecular flexibility index (Phi) is 6.34. The maximum atomic E-state index is 12.5. The van der Waals surface area contributed by atoms with Crippen LogP contribution < -0.4 is 9.50 Å². The van der Waals surface area contributed by atoms with Crippen molar-refractivity contribution in [2.45, 2.75) is 31.6 Å². The molecule has 0 aromatic heterocycles. The zero-order valence-corrected chi connectivity index (χ0v) is 17.2. The van der Waals surface area contributed by atoms with Crippen LogP contribution in [0.3, 0.4) is 0 Å². The maximum absolute atomic E-state index is 12.5. The fourth-order valence-electron chi connectivity index (χ4n) is 2.79. The Bertz CT molecular complexity index is 1070. The van der Waals surface area contributed by atoms with Crippen molar-refractivity contribution in [2.24, 2.45) is 0 Å². The van der Waals surface area contributed by atoms with E-state index in [-0.39, 0.29) is 16.6 Å². The van der Waals surface area contributed by atoms with E-state index in [1.54, 1.807) is 48.5 Å². The minimum Gasteiger partial charge on any atom is -0.379 e. The Hall–Kier alpha value is -3.12. The lowest BCUT2D eigenvalue weighted by Crippen LogP contribution is -2.12.